The molecule has 12 heavy (non-hydrogen) atoms. The Labute approximate surface area is 75.4 Å². The molecule has 0 bridgehead atoms. The van der Waals surface area contributed by atoms with Gasteiger partial charge in [-0.25, -0.2) is 0 Å². The Morgan fingerprint density at radius 2 is 1.58 bits per heavy atom. The van der Waals surface area contributed by atoms with Crippen molar-refractivity contribution in [2.75, 3.05) is 0 Å². The van der Waals surface area contributed by atoms with Crippen LogP contribution in [0, 0.1) is 13.8 Å². The van der Waals surface area contributed by atoms with Gasteiger partial charge in [-0.3, -0.25) is 0 Å². The Hall–Kier alpha value is -0.720. The summed E-state index contributed by atoms with van der Waals surface area (Å²) in [5, 5.41) is 0. The molecular formula is C11H19N. The highest BCUT2D eigenvalue weighted by Crippen LogP contribution is 2.24. The first kappa shape index (κ1) is 9.37. The van der Waals surface area contributed by atoms with Crippen LogP contribution in [0.2, 0.25) is 0 Å². The highest BCUT2D eigenvalue weighted by Gasteiger charge is 2.19. The van der Waals surface area contributed by atoms with Crippen LogP contribution in [0.25, 0.3) is 0 Å². The lowest BCUT2D eigenvalue weighted by molar-refractivity contribution is 0.331. The lowest BCUT2D eigenvalue weighted by Gasteiger charge is -2.29. The van der Waals surface area contributed by atoms with Crippen LogP contribution in [0.3, 0.4) is 0 Å². The van der Waals surface area contributed by atoms with E-state index in [2.05, 4.69) is 51.3 Å². The van der Waals surface area contributed by atoms with Gasteiger partial charge < -0.3 is 4.57 Å². The lowest BCUT2D eigenvalue weighted by atomic mass is 10.0. The summed E-state index contributed by atoms with van der Waals surface area (Å²) in [6.07, 6.45) is 1.17. The molecule has 1 heteroatoms. The molecule has 0 aliphatic rings. The second-order valence-electron chi connectivity index (χ2n) is 4.12. The van der Waals surface area contributed by atoms with Crippen LogP contribution in [0.15, 0.2) is 12.1 Å². The molecule has 0 spiro atoms. The van der Waals surface area contributed by atoms with Crippen LogP contribution in [0.4, 0.5) is 0 Å². The predicted octanol–water partition coefficient (Wildman–Crippen LogP) is 3.25. The van der Waals surface area contributed by atoms with Gasteiger partial charge in [0.2, 0.25) is 0 Å². The summed E-state index contributed by atoms with van der Waals surface area (Å²) in [5.41, 5.74) is 2.98. The minimum atomic E-state index is 0.262. The van der Waals surface area contributed by atoms with Crippen LogP contribution in [0.1, 0.15) is 38.6 Å². The van der Waals surface area contributed by atoms with Gasteiger partial charge in [-0.2, -0.15) is 0 Å². The fraction of sp³-hybridized carbons (Fsp3) is 0.636. The Bertz CT molecular complexity index is 249. The Morgan fingerprint density at radius 3 is 1.92 bits per heavy atom. The Kier molecular flexibility index (Phi) is 2.31. The fourth-order valence-corrected chi connectivity index (χ4v) is 1.78. The molecule has 1 heterocycles. The molecule has 0 aliphatic heterocycles. The van der Waals surface area contributed by atoms with E-state index in [1.54, 1.807) is 0 Å². The molecule has 0 atom stereocenters. The molecule has 0 amide bonds. The number of aryl methyl sites for hydroxylation is 2. The van der Waals surface area contributed by atoms with Crippen LogP contribution >= 0.6 is 0 Å². The lowest BCUT2D eigenvalue weighted by Crippen LogP contribution is -2.27. The molecule has 0 aliphatic carbocycles. The fourth-order valence-electron chi connectivity index (χ4n) is 1.78. The van der Waals surface area contributed by atoms with E-state index >= 15 is 0 Å². The number of hydrogen-bond acceptors (Lipinski definition) is 0. The van der Waals surface area contributed by atoms with Crippen molar-refractivity contribution < 1.29 is 0 Å². The zero-order chi connectivity index (χ0) is 9.35. The van der Waals surface area contributed by atoms with Crippen molar-refractivity contribution in [1.29, 1.82) is 0 Å². The summed E-state index contributed by atoms with van der Waals surface area (Å²) >= 11 is 0. The van der Waals surface area contributed by atoms with Gasteiger partial charge in [0.1, 0.15) is 0 Å². The highest BCUT2D eigenvalue weighted by molar-refractivity contribution is 5.16. The number of nitrogens with zero attached hydrogens (tertiary/aromatic N) is 1. The monoisotopic (exact) mass is 165 g/mol. The highest BCUT2D eigenvalue weighted by atomic mass is 15.1. The third kappa shape index (κ3) is 1.40. The van der Waals surface area contributed by atoms with Crippen LogP contribution < -0.4 is 0 Å². The van der Waals surface area contributed by atoms with Crippen LogP contribution in [-0.4, -0.2) is 4.57 Å². The maximum absolute atomic E-state index is 2.41. The molecule has 0 aromatic carbocycles. The van der Waals surface area contributed by atoms with E-state index < -0.39 is 0 Å². The molecule has 1 rings (SSSR count). The summed E-state index contributed by atoms with van der Waals surface area (Å²) in [6.45, 7) is 11.1. The normalized spacial score (nSPS) is 12.1. The summed E-state index contributed by atoms with van der Waals surface area (Å²) < 4.78 is 2.41. The molecule has 1 aromatic heterocycles. The summed E-state index contributed by atoms with van der Waals surface area (Å²) in [5.74, 6) is 0. The van der Waals surface area contributed by atoms with Crippen molar-refractivity contribution in [1.82, 2.24) is 4.57 Å². The van der Waals surface area contributed by atoms with Gasteiger partial charge in [0.15, 0.2) is 0 Å². The topological polar surface area (TPSA) is 4.93 Å². The van der Waals surface area contributed by atoms with Gasteiger partial charge in [-0.05, 0) is 46.2 Å². The molecule has 0 radical (unpaired) electrons. The molecule has 1 nitrogen and oxygen atoms in total. The number of rotatable bonds is 2. The van der Waals surface area contributed by atoms with Gasteiger partial charge >= 0.3 is 0 Å². The molecule has 68 valence electrons. The van der Waals surface area contributed by atoms with Gasteiger partial charge in [0.05, 0.1) is 0 Å². The first-order chi connectivity index (χ1) is 5.49. The van der Waals surface area contributed by atoms with Crippen molar-refractivity contribution >= 4 is 0 Å². The number of aromatic nitrogens is 1. The first-order valence-corrected chi connectivity index (χ1v) is 4.64. The van der Waals surface area contributed by atoms with Crippen molar-refractivity contribution in [3.05, 3.63) is 23.5 Å². The minimum absolute atomic E-state index is 0.262. The van der Waals surface area contributed by atoms with Crippen molar-refractivity contribution in [2.24, 2.45) is 0 Å². The van der Waals surface area contributed by atoms with Gasteiger partial charge in [0, 0.05) is 16.9 Å². The van der Waals surface area contributed by atoms with E-state index in [1.807, 2.05) is 0 Å². The third-order valence-electron chi connectivity index (χ3n) is 2.74. The van der Waals surface area contributed by atoms with Gasteiger partial charge in [0.25, 0.3) is 0 Å². The van der Waals surface area contributed by atoms with Gasteiger partial charge in [-0.1, -0.05) is 6.92 Å². The molecular weight excluding hydrogens is 146 g/mol. The SMILES string of the molecule is CCC(C)(C)n1c(C)ccc1C. The van der Waals surface area contributed by atoms with Gasteiger partial charge in [-0.15, -0.1) is 0 Å². The quantitative estimate of drug-likeness (QED) is 0.634. The van der Waals surface area contributed by atoms with Crippen LogP contribution in [-0.2, 0) is 5.54 Å². The van der Waals surface area contributed by atoms with Crippen molar-refractivity contribution in [3.63, 3.8) is 0 Å². The molecule has 0 saturated heterocycles. The van der Waals surface area contributed by atoms with E-state index in [1.165, 1.54) is 17.8 Å². The standard InChI is InChI=1S/C11H19N/c1-6-11(4,5)12-9(2)7-8-10(12)3/h7-8H,6H2,1-5H3. The Balaban J connectivity index is 3.17. The van der Waals surface area contributed by atoms with E-state index in [9.17, 15) is 0 Å². The third-order valence-corrected chi connectivity index (χ3v) is 2.74. The van der Waals surface area contributed by atoms with E-state index in [-0.39, 0.29) is 5.54 Å². The van der Waals surface area contributed by atoms with Crippen molar-refractivity contribution in [2.45, 2.75) is 46.6 Å². The van der Waals surface area contributed by atoms with E-state index in [0.29, 0.717) is 0 Å². The first-order valence-electron chi connectivity index (χ1n) is 4.64. The van der Waals surface area contributed by atoms with Crippen LogP contribution in [0.5, 0.6) is 0 Å². The average molecular weight is 165 g/mol. The van der Waals surface area contributed by atoms with Crippen molar-refractivity contribution in [3.8, 4) is 0 Å². The Morgan fingerprint density at radius 1 is 1.17 bits per heavy atom. The number of hydrogen-bond donors (Lipinski definition) is 0. The molecule has 0 saturated carbocycles. The second-order valence-corrected chi connectivity index (χ2v) is 4.12. The minimum Gasteiger partial charge on any atom is -0.344 e. The zero-order valence-electron chi connectivity index (χ0n) is 8.81. The maximum Gasteiger partial charge on any atom is 0.0386 e. The molecule has 0 unspecified atom stereocenters. The molecule has 1 aromatic rings. The van der Waals surface area contributed by atoms with E-state index in [4.69, 9.17) is 0 Å². The maximum atomic E-state index is 2.41. The summed E-state index contributed by atoms with van der Waals surface area (Å²) in [7, 11) is 0. The largest absolute Gasteiger partial charge is 0.344 e. The molecule has 0 N–H and O–H groups in total. The summed E-state index contributed by atoms with van der Waals surface area (Å²) in [4.78, 5) is 0. The predicted molar refractivity (Wildman–Crippen MR) is 53.5 cm³/mol. The average Bonchev–Trinajstić information content (AvgIpc) is 2.31. The summed E-state index contributed by atoms with van der Waals surface area (Å²) in [6, 6.07) is 4.37. The van der Waals surface area contributed by atoms with E-state index in [0.717, 1.165) is 0 Å². The smallest absolute Gasteiger partial charge is 0.0386 e. The second kappa shape index (κ2) is 2.96. The molecule has 0 fully saturated rings. The zero-order valence-corrected chi connectivity index (χ0v) is 8.81.